The molecular formula is C14H24O4S. The van der Waals surface area contributed by atoms with Crippen LogP contribution < -0.4 is 0 Å². The summed E-state index contributed by atoms with van der Waals surface area (Å²) in [5, 5.41) is 10.3. The monoisotopic (exact) mass is 288 g/mol. The molecule has 110 valence electrons. The lowest BCUT2D eigenvalue weighted by Crippen LogP contribution is -2.32. The fourth-order valence-corrected chi connectivity index (χ4v) is 3.31. The van der Waals surface area contributed by atoms with Gasteiger partial charge in [0.05, 0.1) is 31.0 Å². The molecule has 1 unspecified atom stereocenters. The molecule has 0 amide bonds. The van der Waals surface area contributed by atoms with Gasteiger partial charge >= 0.3 is 0 Å². The van der Waals surface area contributed by atoms with Gasteiger partial charge < -0.3 is 19.3 Å². The number of aliphatic hydroxyl groups excluding tert-OH is 1. The lowest BCUT2D eigenvalue weighted by atomic mass is 9.94. The number of hydrogen-bond donors (Lipinski definition) is 2. The van der Waals surface area contributed by atoms with Gasteiger partial charge in [-0.2, -0.15) is 12.6 Å². The van der Waals surface area contributed by atoms with Crippen LogP contribution in [0.3, 0.4) is 0 Å². The van der Waals surface area contributed by atoms with Crippen molar-refractivity contribution in [2.24, 2.45) is 5.92 Å². The molecule has 2 aliphatic rings. The van der Waals surface area contributed by atoms with Gasteiger partial charge in [-0.05, 0) is 26.0 Å². The first-order chi connectivity index (χ1) is 8.96. The number of thiol groups is 1. The van der Waals surface area contributed by atoms with Crippen LogP contribution in [-0.4, -0.2) is 47.7 Å². The molecule has 0 spiro atoms. The molecule has 1 N–H and O–H groups in total. The maximum atomic E-state index is 10.3. The van der Waals surface area contributed by atoms with E-state index in [0.29, 0.717) is 18.8 Å². The van der Waals surface area contributed by atoms with E-state index in [4.69, 9.17) is 14.2 Å². The van der Waals surface area contributed by atoms with Crippen molar-refractivity contribution in [2.45, 2.75) is 56.9 Å². The minimum Gasteiger partial charge on any atom is -0.390 e. The Morgan fingerprint density at radius 3 is 2.68 bits per heavy atom. The van der Waals surface area contributed by atoms with Crippen molar-refractivity contribution in [3.8, 4) is 0 Å². The van der Waals surface area contributed by atoms with Crippen LogP contribution in [0.5, 0.6) is 0 Å². The van der Waals surface area contributed by atoms with E-state index in [9.17, 15) is 5.11 Å². The van der Waals surface area contributed by atoms with Crippen LogP contribution in [0.4, 0.5) is 0 Å². The fourth-order valence-electron chi connectivity index (χ4n) is 2.86. The largest absolute Gasteiger partial charge is 0.390 e. The van der Waals surface area contributed by atoms with Crippen LogP contribution in [0.1, 0.15) is 26.7 Å². The van der Waals surface area contributed by atoms with Crippen molar-refractivity contribution in [2.75, 3.05) is 12.4 Å². The number of ether oxygens (including phenoxy) is 3. The molecular weight excluding hydrogens is 264 g/mol. The molecule has 4 nitrogen and oxygen atoms in total. The highest BCUT2D eigenvalue weighted by Gasteiger charge is 2.44. The van der Waals surface area contributed by atoms with Crippen molar-refractivity contribution < 1.29 is 19.3 Å². The van der Waals surface area contributed by atoms with E-state index >= 15 is 0 Å². The van der Waals surface area contributed by atoms with E-state index in [1.807, 2.05) is 19.9 Å². The maximum Gasteiger partial charge on any atom is 0.163 e. The Balaban J connectivity index is 1.92. The Morgan fingerprint density at radius 2 is 2.16 bits per heavy atom. The van der Waals surface area contributed by atoms with Gasteiger partial charge in [0.25, 0.3) is 0 Å². The zero-order valence-corrected chi connectivity index (χ0v) is 12.5. The Kier molecular flexibility index (Phi) is 4.95. The average Bonchev–Trinajstić information content (AvgIpc) is 2.82. The quantitative estimate of drug-likeness (QED) is 0.598. The first-order valence-electron chi connectivity index (χ1n) is 6.84. The van der Waals surface area contributed by atoms with Crippen LogP contribution in [-0.2, 0) is 14.2 Å². The van der Waals surface area contributed by atoms with E-state index in [0.717, 1.165) is 6.42 Å². The minimum absolute atomic E-state index is 0.00494. The standard InChI is InChI=1S/C14H24O4S/c1-4-5-11-10(8-19)13(15)12(17-11)6-9-7-16-14(2,3)18-9/h4,9-13,15,19H,1,5-8H2,2-3H3/t9-,10?,11-,12+,13+/m0/s1. The maximum absolute atomic E-state index is 10.3. The van der Waals surface area contributed by atoms with Gasteiger partial charge in [0.15, 0.2) is 5.79 Å². The predicted octanol–water partition coefficient (Wildman–Crippen LogP) is 1.78. The summed E-state index contributed by atoms with van der Waals surface area (Å²) in [5.74, 6) is 0.142. The highest BCUT2D eigenvalue weighted by molar-refractivity contribution is 7.80. The smallest absolute Gasteiger partial charge is 0.163 e. The Morgan fingerprint density at radius 1 is 1.42 bits per heavy atom. The summed E-state index contributed by atoms with van der Waals surface area (Å²) in [6.45, 7) is 8.08. The molecule has 2 aliphatic heterocycles. The topological polar surface area (TPSA) is 47.9 Å². The second kappa shape index (κ2) is 6.14. The van der Waals surface area contributed by atoms with Gasteiger partial charge in [0.1, 0.15) is 0 Å². The van der Waals surface area contributed by atoms with Gasteiger partial charge in [-0.1, -0.05) is 6.08 Å². The first-order valence-corrected chi connectivity index (χ1v) is 7.47. The third kappa shape index (κ3) is 3.52. The van der Waals surface area contributed by atoms with Gasteiger partial charge in [0.2, 0.25) is 0 Å². The molecule has 2 saturated heterocycles. The van der Waals surface area contributed by atoms with E-state index in [-0.39, 0.29) is 24.2 Å². The molecule has 5 heteroatoms. The highest BCUT2D eigenvalue weighted by Crippen LogP contribution is 2.35. The second-order valence-electron chi connectivity index (χ2n) is 5.76. The van der Waals surface area contributed by atoms with Crippen LogP contribution in [0.25, 0.3) is 0 Å². The van der Waals surface area contributed by atoms with Gasteiger partial charge in [-0.3, -0.25) is 0 Å². The molecule has 2 fully saturated rings. The van der Waals surface area contributed by atoms with Crippen molar-refractivity contribution in [1.29, 1.82) is 0 Å². The molecule has 5 atom stereocenters. The molecule has 19 heavy (non-hydrogen) atoms. The van der Waals surface area contributed by atoms with E-state index in [1.54, 1.807) is 0 Å². The molecule has 0 aliphatic carbocycles. The van der Waals surface area contributed by atoms with Crippen LogP contribution >= 0.6 is 12.6 Å². The normalized spacial score (nSPS) is 41.6. The first kappa shape index (κ1) is 15.3. The Hall–Kier alpha value is -0.0700. The van der Waals surface area contributed by atoms with Crippen molar-refractivity contribution in [3.63, 3.8) is 0 Å². The van der Waals surface area contributed by atoms with Crippen molar-refractivity contribution >= 4 is 12.6 Å². The third-order valence-electron chi connectivity index (χ3n) is 3.82. The molecule has 2 heterocycles. The summed E-state index contributed by atoms with van der Waals surface area (Å²) in [6.07, 6.45) is 2.52. The summed E-state index contributed by atoms with van der Waals surface area (Å²) in [4.78, 5) is 0. The van der Waals surface area contributed by atoms with Crippen LogP contribution in [0.15, 0.2) is 12.7 Å². The number of hydrogen-bond acceptors (Lipinski definition) is 5. The highest BCUT2D eigenvalue weighted by atomic mass is 32.1. The zero-order chi connectivity index (χ0) is 14.0. The van der Waals surface area contributed by atoms with E-state index in [1.165, 1.54) is 0 Å². The summed E-state index contributed by atoms with van der Waals surface area (Å²) in [5.41, 5.74) is 0. The summed E-state index contributed by atoms with van der Waals surface area (Å²) in [6, 6.07) is 0. The molecule has 0 aromatic carbocycles. The molecule has 0 radical (unpaired) electrons. The van der Waals surface area contributed by atoms with Gasteiger partial charge in [0, 0.05) is 12.3 Å². The SMILES string of the molecule is C=CC[C@@H]1O[C@H](C[C@H]2COC(C)(C)O2)[C@H](O)C1CS. The van der Waals surface area contributed by atoms with Crippen molar-refractivity contribution in [3.05, 3.63) is 12.7 Å². The van der Waals surface area contributed by atoms with Gasteiger partial charge in [-0.25, -0.2) is 0 Å². The average molecular weight is 288 g/mol. The van der Waals surface area contributed by atoms with Crippen LogP contribution in [0, 0.1) is 5.92 Å². The molecule has 0 aromatic rings. The minimum atomic E-state index is -0.530. The van der Waals surface area contributed by atoms with Crippen molar-refractivity contribution in [1.82, 2.24) is 0 Å². The summed E-state index contributed by atoms with van der Waals surface area (Å²) < 4.78 is 17.2. The molecule has 0 bridgehead atoms. The van der Waals surface area contributed by atoms with Gasteiger partial charge in [-0.15, -0.1) is 6.58 Å². The lowest BCUT2D eigenvalue weighted by Gasteiger charge is -2.21. The molecule has 0 saturated carbocycles. The summed E-state index contributed by atoms with van der Waals surface area (Å²) in [7, 11) is 0. The van der Waals surface area contributed by atoms with E-state index in [2.05, 4.69) is 19.2 Å². The zero-order valence-electron chi connectivity index (χ0n) is 11.6. The predicted molar refractivity (Wildman–Crippen MR) is 76.3 cm³/mol. The number of rotatable bonds is 5. The Bertz CT molecular complexity index is 321. The number of aliphatic hydroxyl groups is 1. The third-order valence-corrected chi connectivity index (χ3v) is 4.24. The summed E-state index contributed by atoms with van der Waals surface area (Å²) >= 11 is 4.31. The fraction of sp³-hybridized carbons (Fsp3) is 0.857. The Labute approximate surface area is 120 Å². The second-order valence-corrected chi connectivity index (χ2v) is 6.13. The molecule has 0 aromatic heterocycles. The lowest BCUT2D eigenvalue weighted by molar-refractivity contribution is -0.143. The van der Waals surface area contributed by atoms with Crippen LogP contribution in [0.2, 0.25) is 0 Å². The molecule has 2 rings (SSSR count). The van der Waals surface area contributed by atoms with E-state index < -0.39 is 11.9 Å².